The minimum Gasteiger partial charge on any atom is -0.497 e. The van der Waals surface area contributed by atoms with Gasteiger partial charge in [0, 0.05) is 13.1 Å². The number of nitrogens with one attached hydrogen (secondary N) is 1. The number of rotatable bonds is 8. The van der Waals surface area contributed by atoms with E-state index >= 15 is 0 Å². The molecule has 9 heteroatoms. The molecule has 194 valence electrons. The van der Waals surface area contributed by atoms with Gasteiger partial charge in [0.05, 0.1) is 26.7 Å². The number of carbonyl (C=O) groups excluding carboxylic acids is 3. The second-order valence-corrected chi connectivity index (χ2v) is 9.17. The normalized spacial score (nSPS) is 19.9. The summed E-state index contributed by atoms with van der Waals surface area (Å²) in [5, 5.41) is 6.08. The molecule has 1 N–H and O–H groups in total. The van der Waals surface area contributed by atoms with Crippen LogP contribution in [0.1, 0.15) is 30.9 Å². The summed E-state index contributed by atoms with van der Waals surface area (Å²) in [6, 6.07) is 16.1. The fraction of sp³-hybridized carbons (Fsp3) is 0.393. The van der Waals surface area contributed by atoms with Crippen LogP contribution in [0.5, 0.6) is 5.75 Å². The number of amides is 4. The molecule has 0 saturated carbocycles. The van der Waals surface area contributed by atoms with E-state index in [-0.39, 0.29) is 37.5 Å². The number of carbonyl (C=O) groups is 3. The molecule has 4 amide bonds. The lowest BCUT2D eigenvalue weighted by atomic mass is 10.0. The van der Waals surface area contributed by atoms with Crippen molar-refractivity contribution in [1.29, 1.82) is 0 Å². The summed E-state index contributed by atoms with van der Waals surface area (Å²) < 4.78 is 5.24. The fourth-order valence-electron chi connectivity index (χ4n) is 4.94. The number of methoxy groups -OCH3 is 1. The van der Waals surface area contributed by atoms with Gasteiger partial charge in [-0.3, -0.25) is 9.59 Å². The number of piperazine rings is 1. The Morgan fingerprint density at radius 3 is 2.49 bits per heavy atom. The average molecular weight is 504 g/mol. The first-order chi connectivity index (χ1) is 18.0. The van der Waals surface area contributed by atoms with Crippen molar-refractivity contribution in [3.63, 3.8) is 0 Å². The lowest BCUT2D eigenvalue weighted by Crippen LogP contribution is -2.76. The van der Waals surface area contributed by atoms with Crippen LogP contribution in [-0.2, 0) is 22.7 Å². The van der Waals surface area contributed by atoms with Crippen LogP contribution in [0.2, 0.25) is 0 Å². The third-order valence-corrected chi connectivity index (χ3v) is 6.69. The first kappa shape index (κ1) is 26.0. The summed E-state index contributed by atoms with van der Waals surface area (Å²) in [5.41, 5.74) is 1.88. The van der Waals surface area contributed by atoms with Gasteiger partial charge in [0.1, 0.15) is 18.0 Å². The van der Waals surface area contributed by atoms with Crippen molar-refractivity contribution in [3.05, 3.63) is 65.7 Å². The van der Waals surface area contributed by atoms with Crippen LogP contribution in [0.3, 0.4) is 0 Å². The van der Waals surface area contributed by atoms with Crippen molar-refractivity contribution >= 4 is 17.8 Å². The summed E-state index contributed by atoms with van der Waals surface area (Å²) in [7, 11) is 1.60. The van der Waals surface area contributed by atoms with Gasteiger partial charge in [-0.15, -0.1) is 6.42 Å². The lowest BCUT2D eigenvalue weighted by Gasteiger charge is -2.55. The molecule has 0 spiro atoms. The smallest absolute Gasteiger partial charge is 0.334 e. The number of nitrogens with zero attached hydrogens (tertiary/aromatic N) is 4. The molecule has 9 nitrogen and oxygen atoms in total. The van der Waals surface area contributed by atoms with E-state index in [0.29, 0.717) is 19.5 Å². The Kier molecular flexibility index (Phi) is 8.31. The van der Waals surface area contributed by atoms with E-state index < -0.39 is 12.2 Å². The maximum Gasteiger partial charge on any atom is 0.334 e. The number of terminal acetylenes is 1. The summed E-state index contributed by atoms with van der Waals surface area (Å²) in [5.74, 6) is 2.97. The van der Waals surface area contributed by atoms with E-state index in [1.807, 2.05) is 61.5 Å². The van der Waals surface area contributed by atoms with Crippen LogP contribution in [0.15, 0.2) is 54.6 Å². The maximum atomic E-state index is 13.6. The monoisotopic (exact) mass is 503 g/mol. The van der Waals surface area contributed by atoms with Crippen molar-refractivity contribution in [3.8, 4) is 18.1 Å². The molecule has 2 aliphatic heterocycles. The molecular weight excluding hydrogens is 470 g/mol. The molecule has 2 saturated heterocycles. The zero-order chi connectivity index (χ0) is 26.4. The summed E-state index contributed by atoms with van der Waals surface area (Å²) >= 11 is 0. The second-order valence-electron chi connectivity index (χ2n) is 9.17. The van der Waals surface area contributed by atoms with Gasteiger partial charge in [0.25, 0.3) is 0 Å². The minimum absolute atomic E-state index is 0.0641. The molecule has 0 bridgehead atoms. The van der Waals surface area contributed by atoms with Gasteiger partial charge in [-0.05, 0) is 29.7 Å². The van der Waals surface area contributed by atoms with E-state index in [9.17, 15) is 14.4 Å². The number of hydrogen-bond acceptors (Lipinski definition) is 5. The number of fused-ring (bicyclic) bond motifs is 1. The molecule has 2 aromatic carbocycles. The number of urea groups is 1. The second kappa shape index (κ2) is 11.8. The first-order valence-electron chi connectivity index (χ1n) is 12.5. The van der Waals surface area contributed by atoms with Crippen LogP contribution in [0.4, 0.5) is 4.79 Å². The third kappa shape index (κ3) is 5.70. The Bertz CT molecular complexity index is 1150. The van der Waals surface area contributed by atoms with Crippen LogP contribution in [0.25, 0.3) is 0 Å². The molecule has 0 aliphatic carbocycles. The molecule has 2 aliphatic rings. The summed E-state index contributed by atoms with van der Waals surface area (Å²) in [6.07, 6.45) is 6.16. The molecule has 4 rings (SSSR count). The van der Waals surface area contributed by atoms with Crippen LogP contribution < -0.4 is 10.1 Å². The zero-order valence-corrected chi connectivity index (χ0v) is 21.3. The van der Waals surface area contributed by atoms with E-state index in [1.54, 1.807) is 21.9 Å². The Morgan fingerprint density at radius 2 is 1.84 bits per heavy atom. The minimum atomic E-state index is -0.669. The SMILES string of the molecule is C#CCN1CC(=O)N2[C@@H](CCC)C(=O)N(Cc3ccc(OC)cc3)C[C@@H]2N1C(=O)NCc1ccccc1. The van der Waals surface area contributed by atoms with Crippen LogP contribution in [0, 0.1) is 12.3 Å². The number of ether oxygens (including phenoxy) is 1. The van der Waals surface area contributed by atoms with Gasteiger partial charge in [0.15, 0.2) is 0 Å². The number of benzene rings is 2. The predicted octanol–water partition coefficient (Wildman–Crippen LogP) is 2.44. The first-order valence-corrected chi connectivity index (χ1v) is 12.5. The van der Waals surface area contributed by atoms with Crippen molar-refractivity contribution in [2.24, 2.45) is 0 Å². The summed E-state index contributed by atoms with van der Waals surface area (Å²) in [6.45, 7) is 2.87. The molecule has 2 aromatic rings. The van der Waals surface area contributed by atoms with Gasteiger partial charge in [-0.1, -0.05) is 61.7 Å². The molecule has 0 aromatic heterocycles. The fourth-order valence-corrected chi connectivity index (χ4v) is 4.94. The third-order valence-electron chi connectivity index (χ3n) is 6.69. The van der Waals surface area contributed by atoms with Crippen molar-refractivity contribution in [2.75, 3.05) is 26.7 Å². The van der Waals surface area contributed by atoms with E-state index in [2.05, 4.69) is 11.2 Å². The Hall–Kier alpha value is -4.03. The predicted molar refractivity (Wildman–Crippen MR) is 139 cm³/mol. The largest absolute Gasteiger partial charge is 0.497 e. The van der Waals surface area contributed by atoms with Gasteiger partial charge in [0.2, 0.25) is 11.8 Å². The summed E-state index contributed by atoms with van der Waals surface area (Å²) in [4.78, 5) is 43.7. The molecule has 0 radical (unpaired) electrons. The van der Waals surface area contributed by atoms with Crippen molar-refractivity contribution in [2.45, 2.75) is 45.1 Å². The number of hydrogen-bond donors (Lipinski definition) is 1. The average Bonchev–Trinajstić information content (AvgIpc) is 2.91. The highest BCUT2D eigenvalue weighted by atomic mass is 16.5. The van der Waals surface area contributed by atoms with E-state index in [0.717, 1.165) is 23.3 Å². The number of hydrazine groups is 1. The van der Waals surface area contributed by atoms with E-state index in [4.69, 9.17) is 11.2 Å². The molecular formula is C28H33N5O4. The standard InChI is InChI=1S/C28H33N5O4/c1-4-9-24-27(35)30(18-22-12-14-23(37-3)15-13-22)19-25-32(24)26(34)20-31(16-5-2)33(25)28(36)29-17-21-10-7-6-8-11-21/h2,6-8,10-15,24-25H,4,9,16-20H2,1,3H3,(H,29,36)/t24-,25-/m0/s1. The topological polar surface area (TPSA) is 85.4 Å². The molecule has 2 heterocycles. The molecule has 37 heavy (non-hydrogen) atoms. The quantitative estimate of drug-likeness (QED) is 0.560. The highest BCUT2D eigenvalue weighted by molar-refractivity contribution is 5.91. The van der Waals surface area contributed by atoms with Crippen molar-refractivity contribution in [1.82, 2.24) is 25.1 Å². The Labute approximate surface area is 217 Å². The van der Waals surface area contributed by atoms with Gasteiger partial charge in [-0.25, -0.2) is 9.80 Å². The highest BCUT2D eigenvalue weighted by Gasteiger charge is 2.50. The highest BCUT2D eigenvalue weighted by Crippen LogP contribution is 2.29. The molecule has 0 unspecified atom stereocenters. The molecule has 2 fully saturated rings. The van der Waals surface area contributed by atoms with Crippen LogP contribution >= 0.6 is 0 Å². The van der Waals surface area contributed by atoms with Gasteiger partial charge < -0.3 is 19.9 Å². The zero-order valence-electron chi connectivity index (χ0n) is 21.3. The van der Waals surface area contributed by atoms with Crippen LogP contribution in [-0.4, -0.2) is 76.6 Å². The Morgan fingerprint density at radius 1 is 1.11 bits per heavy atom. The lowest BCUT2D eigenvalue weighted by molar-refractivity contribution is -0.189. The van der Waals surface area contributed by atoms with Gasteiger partial charge >= 0.3 is 6.03 Å². The van der Waals surface area contributed by atoms with E-state index in [1.165, 1.54) is 5.01 Å². The maximum absolute atomic E-state index is 13.6. The molecule has 2 atom stereocenters. The Balaban J connectivity index is 1.63. The van der Waals surface area contributed by atoms with Crippen molar-refractivity contribution < 1.29 is 19.1 Å². The van der Waals surface area contributed by atoms with Gasteiger partial charge in [-0.2, -0.15) is 5.01 Å².